The van der Waals surface area contributed by atoms with Crippen molar-refractivity contribution in [3.8, 4) is 0 Å². The normalized spacial score (nSPS) is 21.7. The fourth-order valence-corrected chi connectivity index (χ4v) is 2.79. The Morgan fingerprint density at radius 3 is 2.77 bits per heavy atom. The number of carboxylic acids is 1. The summed E-state index contributed by atoms with van der Waals surface area (Å²) < 4.78 is 26.6. The van der Waals surface area contributed by atoms with Crippen LogP contribution in [0.1, 0.15) is 31.7 Å². The number of rotatable bonds is 4. The Bertz CT molecular complexity index is 577. The van der Waals surface area contributed by atoms with Crippen molar-refractivity contribution in [2.24, 2.45) is 5.92 Å². The number of carboxylic acid groups (broad SMARTS) is 1. The lowest BCUT2D eigenvalue weighted by Gasteiger charge is -2.36. The zero-order valence-corrected chi connectivity index (χ0v) is 12.4. The summed E-state index contributed by atoms with van der Waals surface area (Å²) in [4.78, 5) is 24.9. The molecule has 0 saturated carbocycles. The van der Waals surface area contributed by atoms with Crippen LogP contribution in [0.3, 0.4) is 0 Å². The number of aliphatic carboxylic acids is 1. The van der Waals surface area contributed by atoms with Gasteiger partial charge in [-0.2, -0.15) is 0 Å². The van der Waals surface area contributed by atoms with Gasteiger partial charge in [-0.1, -0.05) is 6.92 Å². The minimum atomic E-state index is -1.02. The molecule has 22 heavy (non-hydrogen) atoms. The monoisotopic (exact) mass is 311 g/mol. The van der Waals surface area contributed by atoms with Gasteiger partial charge in [-0.15, -0.1) is 0 Å². The number of halogens is 2. The van der Waals surface area contributed by atoms with Gasteiger partial charge in [0.2, 0.25) is 5.91 Å². The Kier molecular flexibility index (Phi) is 5.11. The summed E-state index contributed by atoms with van der Waals surface area (Å²) in [7, 11) is 0. The van der Waals surface area contributed by atoms with Gasteiger partial charge >= 0.3 is 5.97 Å². The highest BCUT2D eigenvalue weighted by Crippen LogP contribution is 2.24. The molecule has 1 aliphatic rings. The van der Waals surface area contributed by atoms with Crippen molar-refractivity contribution in [3.63, 3.8) is 0 Å². The Morgan fingerprint density at radius 1 is 1.36 bits per heavy atom. The molecule has 2 unspecified atom stereocenters. The number of carbonyl (C=O) groups is 2. The van der Waals surface area contributed by atoms with Crippen LogP contribution in [0, 0.1) is 17.6 Å². The van der Waals surface area contributed by atoms with E-state index in [4.69, 9.17) is 0 Å². The molecule has 120 valence electrons. The fraction of sp³-hybridized carbons (Fsp3) is 0.500. The molecular weight excluding hydrogens is 292 g/mol. The standard InChI is InChI=1S/C16H19F2NO3/c1-10-6-7-19(14(8-10)16(21)22)15(20)5-2-11-9-12(17)3-4-13(11)18/h3-4,9-10,14H,2,5-8H2,1H3,(H,21,22). The molecule has 1 fully saturated rings. The maximum atomic E-state index is 13.5. The van der Waals surface area contributed by atoms with Crippen LogP contribution in [0.25, 0.3) is 0 Å². The van der Waals surface area contributed by atoms with Crippen molar-refractivity contribution in [2.45, 2.75) is 38.6 Å². The number of hydrogen-bond acceptors (Lipinski definition) is 2. The van der Waals surface area contributed by atoms with Crippen LogP contribution < -0.4 is 0 Å². The largest absolute Gasteiger partial charge is 0.480 e. The summed E-state index contributed by atoms with van der Waals surface area (Å²) in [6.07, 6.45) is 1.21. The molecule has 0 bridgehead atoms. The fourth-order valence-electron chi connectivity index (χ4n) is 2.79. The topological polar surface area (TPSA) is 57.6 Å². The van der Waals surface area contributed by atoms with Crippen LogP contribution in [0.4, 0.5) is 8.78 Å². The van der Waals surface area contributed by atoms with E-state index in [0.717, 1.165) is 24.6 Å². The molecule has 1 N–H and O–H groups in total. The van der Waals surface area contributed by atoms with Crippen molar-refractivity contribution in [3.05, 3.63) is 35.4 Å². The lowest BCUT2D eigenvalue weighted by Crippen LogP contribution is -2.49. The molecule has 2 rings (SSSR count). The highest BCUT2D eigenvalue weighted by molar-refractivity contribution is 5.84. The van der Waals surface area contributed by atoms with Crippen molar-refractivity contribution in [1.29, 1.82) is 0 Å². The van der Waals surface area contributed by atoms with Gasteiger partial charge in [0.15, 0.2) is 0 Å². The Hall–Kier alpha value is -1.98. The van der Waals surface area contributed by atoms with E-state index in [9.17, 15) is 23.5 Å². The molecule has 0 radical (unpaired) electrons. The summed E-state index contributed by atoms with van der Waals surface area (Å²) in [6.45, 7) is 2.35. The van der Waals surface area contributed by atoms with Gasteiger partial charge in [-0.3, -0.25) is 4.79 Å². The molecule has 0 aliphatic carbocycles. The van der Waals surface area contributed by atoms with E-state index in [0.29, 0.717) is 13.0 Å². The van der Waals surface area contributed by atoms with Crippen LogP contribution in [0.2, 0.25) is 0 Å². The molecule has 2 atom stereocenters. The van der Waals surface area contributed by atoms with Crippen molar-refractivity contribution in [1.82, 2.24) is 4.90 Å². The summed E-state index contributed by atoms with van der Waals surface area (Å²) in [5, 5.41) is 9.24. The number of carbonyl (C=O) groups excluding carboxylic acids is 1. The highest BCUT2D eigenvalue weighted by atomic mass is 19.1. The van der Waals surface area contributed by atoms with Gasteiger partial charge in [0.25, 0.3) is 0 Å². The maximum absolute atomic E-state index is 13.5. The maximum Gasteiger partial charge on any atom is 0.326 e. The average Bonchev–Trinajstić information content (AvgIpc) is 2.47. The molecule has 0 spiro atoms. The number of aryl methyl sites for hydroxylation is 1. The molecule has 1 heterocycles. The Morgan fingerprint density at radius 2 is 2.09 bits per heavy atom. The van der Waals surface area contributed by atoms with E-state index in [2.05, 4.69) is 0 Å². The second-order valence-electron chi connectivity index (χ2n) is 5.81. The lowest BCUT2D eigenvalue weighted by atomic mass is 9.92. The quantitative estimate of drug-likeness (QED) is 0.930. The molecule has 1 aliphatic heterocycles. The number of piperidine rings is 1. The summed E-state index contributed by atoms with van der Waals surface area (Å²) in [5.74, 6) is -2.21. The predicted molar refractivity (Wildman–Crippen MR) is 76.2 cm³/mol. The number of likely N-dealkylation sites (tertiary alicyclic amines) is 1. The molecule has 1 aromatic carbocycles. The van der Waals surface area contributed by atoms with Gasteiger partial charge in [-0.25, -0.2) is 13.6 Å². The second-order valence-corrected chi connectivity index (χ2v) is 5.81. The predicted octanol–water partition coefficient (Wildman–Crippen LogP) is 2.61. The molecule has 0 aromatic heterocycles. The highest BCUT2D eigenvalue weighted by Gasteiger charge is 2.34. The molecule has 4 nitrogen and oxygen atoms in total. The summed E-state index contributed by atoms with van der Waals surface area (Å²) in [6, 6.07) is 2.29. The summed E-state index contributed by atoms with van der Waals surface area (Å²) >= 11 is 0. The van der Waals surface area contributed by atoms with Crippen LogP contribution in [0.5, 0.6) is 0 Å². The van der Waals surface area contributed by atoms with E-state index in [-0.39, 0.29) is 30.2 Å². The van der Waals surface area contributed by atoms with E-state index >= 15 is 0 Å². The van der Waals surface area contributed by atoms with Crippen LogP contribution in [-0.2, 0) is 16.0 Å². The van der Waals surface area contributed by atoms with E-state index in [1.807, 2.05) is 6.92 Å². The molecule has 1 aromatic rings. The lowest BCUT2D eigenvalue weighted by molar-refractivity contribution is -0.153. The van der Waals surface area contributed by atoms with Crippen LogP contribution >= 0.6 is 0 Å². The van der Waals surface area contributed by atoms with E-state index < -0.39 is 23.6 Å². The number of benzene rings is 1. The molecule has 1 amide bonds. The third kappa shape index (κ3) is 3.81. The van der Waals surface area contributed by atoms with Crippen LogP contribution in [-0.4, -0.2) is 34.5 Å². The third-order valence-corrected chi connectivity index (χ3v) is 4.09. The third-order valence-electron chi connectivity index (χ3n) is 4.09. The number of amides is 1. The second kappa shape index (κ2) is 6.85. The van der Waals surface area contributed by atoms with Crippen LogP contribution in [0.15, 0.2) is 18.2 Å². The first-order valence-electron chi connectivity index (χ1n) is 7.34. The molecule has 1 saturated heterocycles. The van der Waals surface area contributed by atoms with E-state index in [1.54, 1.807) is 0 Å². The minimum absolute atomic E-state index is 0.0292. The SMILES string of the molecule is CC1CCN(C(=O)CCc2cc(F)ccc2F)C(C(=O)O)C1. The van der Waals surface area contributed by atoms with Crippen molar-refractivity contribution >= 4 is 11.9 Å². The first-order valence-corrected chi connectivity index (χ1v) is 7.34. The first-order chi connectivity index (χ1) is 10.4. The van der Waals surface area contributed by atoms with Crippen molar-refractivity contribution < 1.29 is 23.5 Å². The number of hydrogen-bond donors (Lipinski definition) is 1. The molecule has 6 heteroatoms. The van der Waals surface area contributed by atoms with Crippen molar-refractivity contribution in [2.75, 3.05) is 6.54 Å². The van der Waals surface area contributed by atoms with E-state index in [1.165, 1.54) is 4.90 Å². The molecular formula is C16H19F2NO3. The zero-order valence-electron chi connectivity index (χ0n) is 12.4. The Labute approximate surface area is 127 Å². The van der Waals surface area contributed by atoms with Gasteiger partial charge in [0.1, 0.15) is 17.7 Å². The van der Waals surface area contributed by atoms with Gasteiger partial charge in [0.05, 0.1) is 0 Å². The van der Waals surface area contributed by atoms with Gasteiger partial charge < -0.3 is 10.0 Å². The zero-order chi connectivity index (χ0) is 16.3. The minimum Gasteiger partial charge on any atom is -0.480 e. The van der Waals surface area contributed by atoms with Gasteiger partial charge in [0, 0.05) is 13.0 Å². The number of nitrogens with zero attached hydrogens (tertiary/aromatic N) is 1. The first kappa shape index (κ1) is 16.4. The van der Waals surface area contributed by atoms with Gasteiger partial charge in [-0.05, 0) is 48.9 Å². The average molecular weight is 311 g/mol. The summed E-state index contributed by atoms with van der Waals surface area (Å²) in [5.41, 5.74) is 0.130. The Balaban J connectivity index is 2.01. The smallest absolute Gasteiger partial charge is 0.326 e.